The molecule has 1 atom stereocenters. The summed E-state index contributed by atoms with van der Waals surface area (Å²) in [6.07, 6.45) is 0.766. The Bertz CT molecular complexity index is 772. The molecular weight excluding hydrogens is 349 g/mol. The lowest BCUT2D eigenvalue weighted by atomic mass is 10.1. The van der Waals surface area contributed by atoms with Gasteiger partial charge in [-0.1, -0.05) is 24.3 Å². The first-order valence-electron chi connectivity index (χ1n) is 8.84. The zero-order valence-electron chi connectivity index (χ0n) is 14.8. The molecule has 3 N–H and O–H groups in total. The molecule has 3 amide bonds. The first-order chi connectivity index (χ1) is 13.1. The van der Waals surface area contributed by atoms with Crippen molar-refractivity contribution in [2.75, 3.05) is 18.5 Å². The molecule has 142 valence electrons. The summed E-state index contributed by atoms with van der Waals surface area (Å²) in [5, 5.41) is 8.34. The van der Waals surface area contributed by atoms with E-state index in [2.05, 4.69) is 16.0 Å². The van der Waals surface area contributed by atoms with Gasteiger partial charge in [-0.25, -0.2) is 9.18 Å². The lowest BCUT2D eigenvalue weighted by Crippen LogP contribution is -2.30. The van der Waals surface area contributed by atoms with Crippen molar-refractivity contribution in [1.82, 2.24) is 10.6 Å². The van der Waals surface area contributed by atoms with Crippen LogP contribution in [0.5, 0.6) is 0 Å². The number of hydrogen-bond acceptors (Lipinski definition) is 3. The van der Waals surface area contributed by atoms with E-state index in [1.807, 2.05) is 12.1 Å². The van der Waals surface area contributed by atoms with Gasteiger partial charge in [-0.15, -0.1) is 0 Å². The molecule has 0 radical (unpaired) electrons. The number of carbonyl (C=O) groups is 2. The van der Waals surface area contributed by atoms with Crippen molar-refractivity contribution in [2.45, 2.75) is 19.5 Å². The summed E-state index contributed by atoms with van der Waals surface area (Å²) < 4.78 is 18.1. The van der Waals surface area contributed by atoms with E-state index in [4.69, 9.17) is 4.74 Å². The van der Waals surface area contributed by atoms with Crippen LogP contribution < -0.4 is 16.0 Å². The van der Waals surface area contributed by atoms with E-state index in [9.17, 15) is 14.0 Å². The lowest BCUT2D eigenvalue weighted by molar-refractivity contribution is -0.125. The second-order valence-electron chi connectivity index (χ2n) is 6.41. The molecule has 3 rings (SSSR count). The van der Waals surface area contributed by atoms with Gasteiger partial charge in [0.2, 0.25) is 5.91 Å². The van der Waals surface area contributed by atoms with E-state index in [1.54, 1.807) is 24.3 Å². The number of anilines is 1. The van der Waals surface area contributed by atoms with Crippen LogP contribution in [0.15, 0.2) is 48.5 Å². The van der Waals surface area contributed by atoms with Crippen molar-refractivity contribution in [3.63, 3.8) is 0 Å². The molecule has 0 unspecified atom stereocenters. The van der Waals surface area contributed by atoms with Crippen molar-refractivity contribution in [3.8, 4) is 0 Å². The van der Waals surface area contributed by atoms with E-state index in [1.165, 1.54) is 12.1 Å². The fourth-order valence-corrected chi connectivity index (χ4v) is 2.74. The molecular formula is C20H22FN3O3. The largest absolute Gasteiger partial charge is 0.381 e. The summed E-state index contributed by atoms with van der Waals surface area (Å²) in [5.74, 6) is -0.360. The third-order valence-corrected chi connectivity index (χ3v) is 4.35. The number of rotatable bonds is 6. The minimum absolute atomic E-state index is 0.00914. The molecule has 27 heavy (non-hydrogen) atoms. The Balaban J connectivity index is 1.42. The summed E-state index contributed by atoms with van der Waals surface area (Å²) in [5.41, 5.74) is 2.40. The molecule has 0 aromatic heterocycles. The Kier molecular flexibility index (Phi) is 6.38. The number of carbonyl (C=O) groups excluding carboxylic acids is 2. The SMILES string of the molecule is O=C(NCc1ccc(F)cc1)Nc1ccc(CNC(=O)[C@H]2CCOC2)cc1. The Labute approximate surface area is 157 Å². The first kappa shape index (κ1) is 18.8. The average Bonchev–Trinajstić information content (AvgIpc) is 3.22. The summed E-state index contributed by atoms with van der Waals surface area (Å²) >= 11 is 0. The molecule has 6 nitrogen and oxygen atoms in total. The zero-order valence-corrected chi connectivity index (χ0v) is 14.8. The zero-order chi connectivity index (χ0) is 19.1. The topological polar surface area (TPSA) is 79.5 Å². The number of ether oxygens (including phenoxy) is 1. The van der Waals surface area contributed by atoms with E-state index in [0.29, 0.717) is 32.0 Å². The number of amides is 3. The fourth-order valence-electron chi connectivity index (χ4n) is 2.74. The maximum Gasteiger partial charge on any atom is 0.319 e. The normalized spacial score (nSPS) is 16.0. The summed E-state index contributed by atoms with van der Waals surface area (Å²) in [6.45, 7) is 1.87. The Morgan fingerprint density at radius 2 is 1.59 bits per heavy atom. The summed E-state index contributed by atoms with van der Waals surface area (Å²) in [6, 6.07) is 12.9. The number of benzene rings is 2. The second kappa shape index (κ2) is 9.14. The van der Waals surface area contributed by atoms with Crippen molar-refractivity contribution < 1.29 is 18.7 Å². The number of hydrogen-bond donors (Lipinski definition) is 3. The molecule has 0 bridgehead atoms. The van der Waals surface area contributed by atoms with Gasteiger partial charge < -0.3 is 20.7 Å². The van der Waals surface area contributed by atoms with Crippen LogP contribution in [-0.4, -0.2) is 25.2 Å². The molecule has 0 aliphatic carbocycles. The van der Waals surface area contributed by atoms with Gasteiger partial charge in [-0.3, -0.25) is 4.79 Å². The number of urea groups is 1. The van der Waals surface area contributed by atoms with Gasteiger partial charge in [0.05, 0.1) is 12.5 Å². The van der Waals surface area contributed by atoms with Crippen LogP contribution in [0.3, 0.4) is 0 Å². The smallest absolute Gasteiger partial charge is 0.319 e. The van der Waals surface area contributed by atoms with Gasteiger partial charge in [-0.2, -0.15) is 0 Å². The van der Waals surface area contributed by atoms with Crippen molar-refractivity contribution in [1.29, 1.82) is 0 Å². The van der Waals surface area contributed by atoms with Gasteiger partial charge in [-0.05, 0) is 41.8 Å². The maximum atomic E-state index is 12.9. The molecule has 7 heteroatoms. The molecule has 1 aliphatic heterocycles. The molecule has 1 heterocycles. The predicted octanol–water partition coefficient (Wildman–Crippen LogP) is 2.80. The van der Waals surface area contributed by atoms with Crippen LogP contribution in [0.1, 0.15) is 17.5 Å². The lowest BCUT2D eigenvalue weighted by Gasteiger charge is -2.11. The monoisotopic (exact) mass is 371 g/mol. The van der Waals surface area contributed by atoms with Gasteiger partial charge in [0, 0.05) is 25.4 Å². The molecule has 2 aromatic carbocycles. The van der Waals surface area contributed by atoms with Crippen molar-refractivity contribution in [3.05, 3.63) is 65.5 Å². The van der Waals surface area contributed by atoms with Crippen LogP contribution in [0.25, 0.3) is 0 Å². The highest BCUT2D eigenvalue weighted by atomic mass is 19.1. The van der Waals surface area contributed by atoms with Crippen LogP contribution in [-0.2, 0) is 22.6 Å². The number of halogens is 1. The maximum absolute atomic E-state index is 12.9. The minimum atomic E-state index is -0.346. The minimum Gasteiger partial charge on any atom is -0.381 e. The van der Waals surface area contributed by atoms with Crippen molar-refractivity contribution in [2.24, 2.45) is 5.92 Å². The van der Waals surface area contributed by atoms with Crippen LogP contribution >= 0.6 is 0 Å². The quantitative estimate of drug-likeness (QED) is 0.731. The second-order valence-corrected chi connectivity index (χ2v) is 6.41. The van der Waals surface area contributed by atoms with Gasteiger partial charge in [0.1, 0.15) is 5.82 Å². The fraction of sp³-hybridized carbons (Fsp3) is 0.300. The molecule has 1 aliphatic rings. The number of nitrogens with one attached hydrogen (secondary N) is 3. The highest BCUT2D eigenvalue weighted by Gasteiger charge is 2.22. The molecule has 2 aromatic rings. The van der Waals surface area contributed by atoms with Crippen LogP contribution in [0.2, 0.25) is 0 Å². The van der Waals surface area contributed by atoms with Crippen molar-refractivity contribution >= 4 is 17.6 Å². The van der Waals surface area contributed by atoms with Crippen LogP contribution in [0.4, 0.5) is 14.9 Å². The van der Waals surface area contributed by atoms with E-state index in [0.717, 1.165) is 17.5 Å². The van der Waals surface area contributed by atoms with Gasteiger partial charge in [0.15, 0.2) is 0 Å². The third-order valence-electron chi connectivity index (χ3n) is 4.35. The molecule has 1 saturated heterocycles. The average molecular weight is 371 g/mol. The summed E-state index contributed by atoms with van der Waals surface area (Å²) in [7, 11) is 0. The molecule has 0 saturated carbocycles. The van der Waals surface area contributed by atoms with Crippen LogP contribution in [0, 0.1) is 11.7 Å². The third kappa shape index (κ3) is 5.79. The highest BCUT2D eigenvalue weighted by molar-refractivity contribution is 5.89. The summed E-state index contributed by atoms with van der Waals surface area (Å²) in [4.78, 5) is 23.9. The predicted molar refractivity (Wildman–Crippen MR) is 99.5 cm³/mol. The molecule has 1 fully saturated rings. The standard InChI is InChI=1S/C20H22FN3O3/c21-17-5-1-14(2-6-17)12-23-20(26)24-18-7-3-15(4-8-18)11-22-19(25)16-9-10-27-13-16/h1-8,16H,9-13H2,(H,22,25)(H2,23,24,26)/t16-/m0/s1. The van der Waals surface area contributed by atoms with Gasteiger partial charge >= 0.3 is 6.03 Å². The molecule has 0 spiro atoms. The van der Waals surface area contributed by atoms with E-state index in [-0.39, 0.29) is 23.7 Å². The Hall–Kier alpha value is -2.93. The Morgan fingerprint density at radius 3 is 2.22 bits per heavy atom. The van der Waals surface area contributed by atoms with E-state index >= 15 is 0 Å². The Morgan fingerprint density at radius 1 is 0.963 bits per heavy atom. The van der Waals surface area contributed by atoms with E-state index < -0.39 is 0 Å². The highest BCUT2D eigenvalue weighted by Crippen LogP contribution is 2.13. The van der Waals surface area contributed by atoms with Gasteiger partial charge in [0.25, 0.3) is 0 Å². The first-order valence-corrected chi connectivity index (χ1v) is 8.84.